The number of hydrogen-bond donors (Lipinski definition) is 3. The van der Waals surface area contributed by atoms with E-state index in [4.69, 9.17) is 4.74 Å². The van der Waals surface area contributed by atoms with Gasteiger partial charge in [0.1, 0.15) is 5.75 Å². The van der Waals surface area contributed by atoms with Crippen molar-refractivity contribution in [3.8, 4) is 5.75 Å². The lowest BCUT2D eigenvalue weighted by Gasteiger charge is -2.11. The third kappa shape index (κ3) is 6.74. The Morgan fingerprint density at radius 1 is 0.769 bits per heavy atom. The lowest BCUT2D eigenvalue weighted by Crippen LogP contribution is -2.12. The third-order valence-electron chi connectivity index (χ3n) is 3.68. The van der Waals surface area contributed by atoms with Gasteiger partial charge in [-0.2, -0.15) is 15.0 Å². The highest BCUT2D eigenvalue weighted by atomic mass is 16.5. The summed E-state index contributed by atoms with van der Waals surface area (Å²) in [5, 5.41) is 9.77. The van der Waals surface area contributed by atoms with E-state index in [0.717, 1.165) is 50.2 Å². The minimum absolute atomic E-state index is 0.516. The van der Waals surface area contributed by atoms with Crippen LogP contribution in [-0.2, 0) is 0 Å². The normalized spacial score (nSPS) is 10.4. The zero-order chi connectivity index (χ0) is 18.6. The summed E-state index contributed by atoms with van der Waals surface area (Å²) < 4.78 is 5.47. The molecule has 0 spiro atoms. The van der Waals surface area contributed by atoms with Crippen LogP contribution in [-0.4, -0.2) is 34.6 Å². The molecule has 1 aromatic heterocycles. The van der Waals surface area contributed by atoms with Crippen molar-refractivity contribution in [3.05, 3.63) is 24.3 Å². The molecular weight excluding hydrogens is 328 g/mol. The molecule has 142 valence electrons. The second-order valence-electron chi connectivity index (χ2n) is 5.95. The van der Waals surface area contributed by atoms with E-state index in [0.29, 0.717) is 24.5 Å². The molecule has 0 amide bonds. The maximum Gasteiger partial charge on any atom is 0.233 e. The third-order valence-corrected chi connectivity index (χ3v) is 3.68. The number of aromatic nitrogens is 3. The first kappa shape index (κ1) is 19.8. The highest BCUT2D eigenvalue weighted by molar-refractivity contribution is 5.56. The molecule has 0 unspecified atom stereocenters. The maximum absolute atomic E-state index is 5.47. The van der Waals surface area contributed by atoms with E-state index >= 15 is 0 Å². The van der Waals surface area contributed by atoms with Gasteiger partial charge >= 0.3 is 0 Å². The van der Waals surface area contributed by atoms with Gasteiger partial charge in [-0.25, -0.2) is 0 Å². The van der Waals surface area contributed by atoms with Gasteiger partial charge in [-0.1, -0.05) is 26.7 Å². The van der Waals surface area contributed by atoms with Crippen LogP contribution in [0.4, 0.5) is 23.5 Å². The van der Waals surface area contributed by atoms with Gasteiger partial charge in [-0.15, -0.1) is 0 Å². The molecule has 0 fully saturated rings. The number of anilines is 4. The Morgan fingerprint density at radius 2 is 1.31 bits per heavy atom. The van der Waals surface area contributed by atoms with Gasteiger partial charge in [0.15, 0.2) is 0 Å². The van der Waals surface area contributed by atoms with Crippen molar-refractivity contribution in [2.45, 2.75) is 46.5 Å². The molecule has 7 nitrogen and oxygen atoms in total. The number of nitrogens with zero attached hydrogens (tertiary/aromatic N) is 3. The molecular formula is C19H30N6O. The molecule has 0 saturated heterocycles. The van der Waals surface area contributed by atoms with Crippen LogP contribution in [0.5, 0.6) is 5.75 Å². The van der Waals surface area contributed by atoms with Gasteiger partial charge in [0.05, 0.1) is 6.61 Å². The standard InChI is InChI=1S/C19H30N6O/c1-4-7-13-20-17-23-18(21-14-8-5-2)25-19(24-17)22-15-9-11-16(12-10-15)26-6-3/h9-12H,4-8,13-14H2,1-3H3,(H3,20,21,22,23,24,25). The summed E-state index contributed by atoms with van der Waals surface area (Å²) in [7, 11) is 0. The van der Waals surface area contributed by atoms with E-state index in [1.54, 1.807) is 0 Å². The highest BCUT2D eigenvalue weighted by Gasteiger charge is 2.07. The van der Waals surface area contributed by atoms with Crippen LogP contribution in [0, 0.1) is 0 Å². The van der Waals surface area contributed by atoms with Crippen molar-refractivity contribution < 1.29 is 4.74 Å². The van der Waals surface area contributed by atoms with Crippen LogP contribution in [0.3, 0.4) is 0 Å². The van der Waals surface area contributed by atoms with E-state index in [1.807, 2.05) is 31.2 Å². The highest BCUT2D eigenvalue weighted by Crippen LogP contribution is 2.19. The Kier molecular flexibility index (Phi) is 8.45. The second-order valence-corrected chi connectivity index (χ2v) is 5.95. The minimum atomic E-state index is 0.516. The smallest absolute Gasteiger partial charge is 0.233 e. The molecule has 0 aliphatic carbocycles. The van der Waals surface area contributed by atoms with Crippen LogP contribution in [0.25, 0.3) is 0 Å². The van der Waals surface area contributed by atoms with Crippen LogP contribution >= 0.6 is 0 Å². The molecule has 0 atom stereocenters. The molecule has 7 heteroatoms. The van der Waals surface area contributed by atoms with E-state index in [2.05, 4.69) is 44.7 Å². The lowest BCUT2D eigenvalue weighted by molar-refractivity contribution is 0.340. The second kappa shape index (κ2) is 11.1. The average Bonchev–Trinajstić information content (AvgIpc) is 2.64. The Labute approximate surface area is 156 Å². The quantitative estimate of drug-likeness (QED) is 0.484. The Hall–Kier alpha value is -2.57. The first-order valence-electron chi connectivity index (χ1n) is 9.48. The van der Waals surface area contributed by atoms with Gasteiger partial charge in [0.25, 0.3) is 0 Å². The fourth-order valence-electron chi connectivity index (χ4n) is 2.27. The van der Waals surface area contributed by atoms with Gasteiger partial charge in [0, 0.05) is 18.8 Å². The van der Waals surface area contributed by atoms with E-state index < -0.39 is 0 Å². The molecule has 0 saturated carbocycles. The fourth-order valence-corrected chi connectivity index (χ4v) is 2.27. The van der Waals surface area contributed by atoms with Gasteiger partial charge in [-0.05, 0) is 44.0 Å². The summed E-state index contributed by atoms with van der Waals surface area (Å²) in [6.45, 7) is 8.63. The van der Waals surface area contributed by atoms with Crippen molar-refractivity contribution in [1.82, 2.24) is 15.0 Å². The van der Waals surface area contributed by atoms with Crippen molar-refractivity contribution in [2.24, 2.45) is 0 Å². The van der Waals surface area contributed by atoms with E-state index in [-0.39, 0.29) is 0 Å². The molecule has 2 rings (SSSR count). The van der Waals surface area contributed by atoms with Crippen LogP contribution in [0.15, 0.2) is 24.3 Å². The first-order chi connectivity index (χ1) is 12.7. The molecule has 0 bridgehead atoms. The molecule has 0 aliphatic heterocycles. The summed E-state index contributed by atoms with van der Waals surface area (Å²) in [6.07, 6.45) is 4.39. The number of nitrogens with one attached hydrogen (secondary N) is 3. The molecule has 2 aromatic rings. The Balaban J connectivity index is 2.10. The zero-order valence-corrected chi connectivity index (χ0v) is 16.0. The lowest BCUT2D eigenvalue weighted by atomic mass is 10.3. The SMILES string of the molecule is CCCCNc1nc(NCCCC)nc(Nc2ccc(OCC)cc2)n1. The number of rotatable bonds is 12. The van der Waals surface area contributed by atoms with Crippen LogP contribution in [0.2, 0.25) is 0 Å². The van der Waals surface area contributed by atoms with Gasteiger partial charge in [0.2, 0.25) is 17.8 Å². The predicted octanol–water partition coefficient (Wildman–Crippen LogP) is 4.44. The summed E-state index contributed by atoms with van der Waals surface area (Å²) in [5.41, 5.74) is 0.902. The van der Waals surface area contributed by atoms with Gasteiger partial charge < -0.3 is 20.7 Å². The van der Waals surface area contributed by atoms with Crippen molar-refractivity contribution in [1.29, 1.82) is 0 Å². The number of hydrogen-bond acceptors (Lipinski definition) is 7. The fraction of sp³-hybridized carbons (Fsp3) is 0.526. The molecule has 0 radical (unpaired) electrons. The van der Waals surface area contributed by atoms with Crippen molar-refractivity contribution in [3.63, 3.8) is 0 Å². The summed E-state index contributed by atoms with van der Waals surface area (Å²) in [5.74, 6) is 2.53. The predicted molar refractivity (Wildman–Crippen MR) is 108 cm³/mol. The molecule has 3 N–H and O–H groups in total. The van der Waals surface area contributed by atoms with Crippen LogP contribution < -0.4 is 20.7 Å². The monoisotopic (exact) mass is 358 g/mol. The molecule has 0 aliphatic rings. The maximum atomic E-state index is 5.47. The van der Waals surface area contributed by atoms with Crippen LogP contribution in [0.1, 0.15) is 46.5 Å². The number of benzene rings is 1. The van der Waals surface area contributed by atoms with E-state index in [9.17, 15) is 0 Å². The Bertz CT molecular complexity index is 619. The average molecular weight is 358 g/mol. The first-order valence-corrected chi connectivity index (χ1v) is 9.48. The molecule has 1 heterocycles. The largest absolute Gasteiger partial charge is 0.494 e. The summed E-state index contributed by atoms with van der Waals surface area (Å²) >= 11 is 0. The molecule has 1 aromatic carbocycles. The van der Waals surface area contributed by atoms with Crippen molar-refractivity contribution >= 4 is 23.5 Å². The van der Waals surface area contributed by atoms with E-state index in [1.165, 1.54) is 0 Å². The van der Waals surface area contributed by atoms with Gasteiger partial charge in [-0.3, -0.25) is 0 Å². The summed E-state index contributed by atoms with van der Waals surface area (Å²) in [6, 6.07) is 7.74. The molecule has 26 heavy (non-hydrogen) atoms. The number of ether oxygens (including phenoxy) is 1. The minimum Gasteiger partial charge on any atom is -0.494 e. The van der Waals surface area contributed by atoms with Crippen molar-refractivity contribution in [2.75, 3.05) is 35.6 Å². The number of unbranched alkanes of at least 4 members (excludes halogenated alkanes) is 2. The Morgan fingerprint density at radius 3 is 1.81 bits per heavy atom. The summed E-state index contributed by atoms with van der Waals surface area (Å²) in [4.78, 5) is 13.4. The topological polar surface area (TPSA) is 84.0 Å². The zero-order valence-electron chi connectivity index (χ0n) is 16.0.